The van der Waals surface area contributed by atoms with Gasteiger partial charge in [-0.15, -0.1) is 0 Å². The van der Waals surface area contributed by atoms with Crippen LogP contribution in [0.3, 0.4) is 0 Å². The molecule has 110 valence electrons. The fourth-order valence-corrected chi connectivity index (χ4v) is 3.23. The summed E-state index contributed by atoms with van der Waals surface area (Å²) < 4.78 is 5.54. The number of amidine groups is 1. The highest BCUT2D eigenvalue weighted by Gasteiger charge is 2.48. The fourth-order valence-electron chi connectivity index (χ4n) is 3.23. The summed E-state index contributed by atoms with van der Waals surface area (Å²) in [5.41, 5.74) is 3.32. The summed E-state index contributed by atoms with van der Waals surface area (Å²) >= 11 is 0. The number of nitrogens with zero attached hydrogens (tertiary/aromatic N) is 1. The summed E-state index contributed by atoms with van der Waals surface area (Å²) in [7, 11) is 5.54. The number of benzene rings is 1. The molecule has 1 aliphatic carbocycles. The van der Waals surface area contributed by atoms with E-state index in [-0.39, 0.29) is 5.41 Å². The van der Waals surface area contributed by atoms with Crippen LogP contribution >= 0.6 is 0 Å². The van der Waals surface area contributed by atoms with Crippen LogP contribution in [0, 0.1) is 11.8 Å². The molecule has 1 fully saturated rings. The van der Waals surface area contributed by atoms with Crippen molar-refractivity contribution in [3.8, 4) is 17.6 Å². The van der Waals surface area contributed by atoms with Gasteiger partial charge < -0.3 is 15.4 Å². The predicted molar refractivity (Wildman–Crippen MR) is 85.5 cm³/mol. The molecule has 3 rings (SSSR count). The standard InChI is InChI=1S/C17H21N3O/c1-18-9-4-6-12-10-14-13(11-15(12)21-3)17(7-5-8-17)16(19-2)20-14/h10-11,18H,5,7-9H2,1-3H3,(H,19,20). The Labute approximate surface area is 126 Å². The number of methoxy groups -OCH3 is 1. The first-order valence-electron chi connectivity index (χ1n) is 7.38. The summed E-state index contributed by atoms with van der Waals surface area (Å²) in [6.07, 6.45) is 3.58. The number of hydrogen-bond donors (Lipinski definition) is 2. The van der Waals surface area contributed by atoms with Crippen LogP contribution in [-0.2, 0) is 5.41 Å². The largest absolute Gasteiger partial charge is 0.495 e. The molecular formula is C17H21N3O. The van der Waals surface area contributed by atoms with Gasteiger partial charge >= 0.3 is 0 Å². The number of hydrogen-bond acceptors (Lipinski definition) is 4. The predicted octanol–water partition coefficient (Wildman–Crippen LogP) is 1.95. The Kier molecular flexibility index (Phi) is 3.60. The molecule has 1 aliphatic heterocycles. The lowest BCUT2D eigenvalue weighted by molar-refractivity contribution is 0.338. The van der Waals surface area contributed by atoms with Gasteiger partial charge in [0, 0.05) is 7.05 Å². The number of ether oxygens (including phenoxy) is 1. The smallest absolute Gasteiger partial charge is 0.134 e. The van der Waals surface area contributed by atoms with Crippen LogP contribution < -0.4 is 15.4 Å². The van der Waals surface area contributed by atoms with E-state index in [4.69, 9.17) is 9.73 Å². The van der Waals surface area contributed by atoms with Crippen molar-refractivity contribution in [1.82, 2.24) is 10.6 Å². The van der Waals surface area contributed by atoms with Gasteiger partial charge in [-0.1, -0.05) is 18.3 Å². The van der Waals surface area contributed by atoms with E-state index in [1.165, 1.54) is 12.0 Å². The van der Waals surface area contributed by atoms with Gasteiger partial charge in [-0.25, -0.2) is 4.99 Å². The molecule has 2 aliphatic rings. The lowest BCUT2D eigenvalue weighted by Crippen LogP contribution is -2.45. The molecule has 0 radical (unpaired) electrons. The number of likely N-dealkylation sites (N-methyl/N-ethyl adjacent to an activating group) is 1. The third-order valence-corrected chi connectivity index (χ3v) is 4.45. The quantitative estimate of drug-likeness (QED) is 0.816. The van der Waals surface area contributed by atoms with Crippen LogP contribution in [-0.4, -0.2) is 33.6 Å². The molecule has 0 bridgehead atoms. The summed E-state index contributed by atoms with van der Waals surface area (Å²) in [4.78, 5) is 4.78. The summed E-state index contributed by atoms with van der Waals surface area (Å²) in [5.74, 6) is 8.18. The van der Waals surface area contributed by atoms with E-state index >= 15 is 0 Å². The Morgan fingerprint density at radius 1 is 1.33 bits per heavy atom. The number of nitrogens with one attached hydrogen (secondary N) is 2. The molecule has 0 saturated heterocycles. The van der Waals surface area contributed by atoms with E-state index in [0.717, 1.165) is 35.7 Å². The van der Waals surface area contributed by atoms with Crippen molar-refractivity contribution in [3.05, 3.63) is 23.3 Å². The summed E-state index contributed by atoms with van der Waals surface area (Å²) in [6.45, 7) is 0.662. The highest BCUT2D eigenvalue weighted by Crippen LogP contribution is 2.53. The minimum absolute atomic E-state index is 0.0916. The molecule has 21 heavy (non-hydrogen) atoms. The molecule has 1 saturated carbocycles. The van der Waals surface area contributed by atoms with E-state index in [0.29, 0.717) is 6.54 Å². The Morgan fingerprint density at radius 3 is 2.71 bits per heavy atom. The van der Waals surface area contributed by atoms with Crippen molar-refractivity contribution >= 4 is 11.5 Å². The Bertz CT molecular complexity index is 648. The Balaban J connectivity index is 2.06. The zero-order chi connectivity index (χ0) is 14.9. The zero-order valence-corrected chi connectivity index (χ0v) is 12.8. The first kappa shape index (κ1) is 14.0. The van der Waals surface area contributed by atoms with Gasteiger partial charge in [0.2, 0.25) is 0 Å². The topological polar surface area (TPSA) is 45.6 Å². The molecule has 0 aromatic heterocycles. The average Bonchev–Trinajstić information content (AvgIpc) is 2.79. The first-order valence-corrected chi connectivity index (χ1v) is 7.38. The highest BCUT2D eigenvalue weighted by atomic mass is 16.5. The normalized spacial score (nSPS) is 17.4. The van der Waals surface area contributed by atoms with Crippen LogP contribution in [0.1, 0.15) is 30.4 Å². The zero-order valence-electron chi connectivity index (χ0n) is 12.8. The lowest BCUT2D eigenvalue weighted by Gasteiger charge is -2.40. The van der Waals surface area contributed by atoms with E-state index in [2.05, 4.69) is 34.6 Å². The van der Waals surface area contributed by atoms with Gasteiger partial charge in [0.1, 0.15) is 11.6 Å². The van der Waals surface area contributed by atoms with E-state index in [9.17, 15) is 0 Å². The molecule has 4 heteroatoms. The van der Waals surface area contributed by atoms with Crippen LogP contribution in [0.5, 0.6) is 5.75 Å². The third kappa shape index (κ3) is 2.09. The molecule has 4 nitrogen and oxygen atoms in total. The van der Waals surface area contributed by atoms with E-state index in [1.54, 1.807) is 7.11 Å². The van der Waals surface area contributed by atoms with E-state index < -0.39 is 0 Å². The van der Waals surface area contributed by atoms with Gasteiger partial charge in [-0.05, 0) is 37.6 Å². The second-order valence-electron chi connectivity index (χ2n) is 5.55. The molecule has 0 unspecified atom stereocenters. The number of rotatable bonds is 2. The fraction of sp³-hybridized carbons (Fsp3) is 0.471. The Hall–Kier alpha value is -1.99. The lowest BCUT2D eigenvalue weighted by atomic mass is 9.64. The van der Waals surface area contributed by atoms with Crippen molar-refractivity contribution in [2.24, 2.45) is 4.99 Å². The number of aliphatic imine (C=N–C) groups is 1. The molecule has 1 aromatic carbocycles. The SMILES string of the molecule is CNCC#Cc1cc2c(cc1OC)C1(CCC1)C(NC)=N2. The maximum Gasteiger partial charge on any atom is 0.134 e. The van der Waals surface area contributed by atoms with Crippen LogP contribution in [0.25, 0.3) is 0 Å². The van der Waals surface area contributed by atoms with Gasteiger partial charge in [0.05, 0.1) is 30.3 Å². The minimum atomic E-state index is 0.0916. The monoisotopic (exact) mass is 283 g/mol. The second kappa shape index (κ2) is 5.42. The maximum absolute atomic E-state index is 5.54. The summed E-state index contributed by atoms with van der Waals surface area (Å²) in [6, 6.07) is 4.19. The van der Waals surface area contributed by atoms with Crippen LogP contribution in [0.15, 0.2) is 17.1 Å². The molecule has 2 N–H and O–H groups in total. The van der Waals surface area contributed by atoms with Gasteiger partial charge in [0.25, 0.3) is 0 Å². The molecule has 1 aromatic rings. The summed E-state index contributed by atoms with van der Waals surface area (Å²) in [5, 5.41) is 6.30. The van der Waals surface area contributed by atoms with Crippen molar-refractivity contribution in [1.29, 1.82) is 0 Å². The van der Waals surface area contributed by atoms with Gasteiger partial charge in [0.15, 0.2) is 0 Å². The highest BCUT2D eigenvalue weighted by molar-refractivity contribution is 6.01. The number of fused-ring (bicyclic) bond motifs is 2. The van der Waals surface area contributed by atoms with Crippen LogP contribution in [0.4, 0.5) is 5.69 Å². The molecule has 1 heterocycles. The minimum Gasteiger partial charge on any atom is -0.495 e. The van der Waals surface area contributed by atoms with Gasteiger partial charge in [-0.3, -0.25) is 0 Å². The molecule has 0 atom stereocenters. The van der Waals surface area contributed by atoms with Crippen LogP contribution in [0.2, 0.25) is 0 Å². The molecular weight excluding hydrogens is 262 g/mol. The van der Waals surface area contributed by atoms with Crippen molar-refractivity contribution in [2.75, 3.05) is 27.7 Å². The van der Waals surface area contributed by atoms with Crippen molar-refractivity contribution < 1.29 is 4.74 Å². The average molecular weight is 283 g/mol. The second-order valence-corrected chi connectivity index (χ2v) is 5.55. The first-order chi connectivity index (χ1) is 10.2. The van der Waals surface area contributed by atoms with Crippen molar-refractivity contribution in [2.45, 2.75) is 24.7 Å². The van der Waals surface area contributed by atoms with Crippen molar-refractivity contribution in [3.63, 3.8) is 0 Å². The Morgan fingerprint density at radius 2 is 2.14 bits per heavy atom. The van der Waals surface area contributed by atoms with Gasteiger partial charge in [-0.2, -0.15) is 0 Å². The third-order valence-electron chi connectivity index (χ3n) is 4.45. The molecule has 0 amide bonds. The maximum atomic E-state index is 5.54. The van der Waals surface area contributed by atoms with E-state index in [1.807, 2.05) is 14.1 Å². The molecule has 1 spiro atoms.